The van der Waals surface area contributed by atoms with E-state index in [4.69, 9.17) is 4.74 Å². The highest BCUT2D eigenvalue weighted by Crippen LogP contribution is 2.24. The number of carbonyl (C=O) groups excluding carboxylic acids is 2. The summed E-state index contributed by atoms with van der Waals surface area (Å²) in [6.07, 6.45) is 1.96. The molecule has 2 aliphatic rings. The second kappa shape index (κ2) is 8.11. The Hall–Kier alpha value is -1.72. The van der Waals surface area contributed by atoms with E-state index in [1.54, 1.807) is 0 Å². The van der Waals surface area contributed by atoms with Crippen LogP contribution in [0.4, 0.5) is 0 Å². The molecule has 0 N–H and O–H groups in total. The summed E-state index contributed by atoms with van der Waals surface area (Å²) < 4.78 is 5.86. The predicted octanol–water partition coefficient (Wildman–Crippen LogP) is 2.88. The Morgan fingerprint density at radius 3 is 2.56 bits per heavy atom. The second-order valence-electron chi connectivity index (χ2n) is 8.84. The highest BCUT2D eigenvalue weighted by molar-refractivity contribution is 5.96. The number of ketones is 1. The van der Waals surface area contributed by atoms with Gasteiger partial charge in [0.25, 0.3) is 0 Å². The standard InChI is InChI=1S/C22H32N2O3/c1-22(2,3)17-9-7-16(8-10-17)19(25)6-5-12-24-14-18-20(15-24)27-13-11-21(26)23(18)4/h7-10,18,20H,5-6,11-15H2,1-4H3/t18-,20-/m0/s1. The number of nitrogens with zero attached hydrogens (tertiary/aromatic N) is 2. The van der Waals surface area contributed by atoms with E-state index in [0.29, 0.717) is 19.4 Å². The first kappa shape index (κ1) is 20.0. The van der Waals surface area contributed by atoms with E-state index in [9.17, 15) is 9.59 Å². The van der Waals surface area contributed by atoms with Crippen molar-refractivity contribution in [3.05, 3.63) is 35.4 Å². The third-order valence-corrected chi connectivity index (χ3v) is 5.80. The molecule has 0 radical (unpaired) electrons. The molecule has 5 heteroatoms. The van der Waals surface area contributed by atoms with Gasteiger partial charge in [-0.25, -0.2) is 0 Å². The highest BCUT2D eigenvalue weighted by Gasteiger charge is 2.39. The first-order valence-electron chi connectivity index (χ1n) is 9.99. The molecule has 2 atom stereocenters. The third-order valence-electron chi connectivity index (χ3n) is 5.80. The molecule has 0 saturated carbocycles. The molecule has 0 aliphatic carbocycles. The normalized spacial score (nSPS) is 24.0. The van der Waals surface area contributed by atoms with Crippen LogP contribution in [0.5, 0.6) is 0 Å². The van der Waals surface area contributed by atoms with Gasteiger partial charge < -0.3 is 9.64 Å². The van der Waals surface area contributed by atoms with Crippen molar-refractivity contribution in [2.75, 3.05) is 33.3 Å². The summed E-state index contributed by atoms with van der Waals surface area (Å²) in [5.41, 5.74) is 2.14. The minimum absolute atomic E-state index is 0.0992. The van der Waals surface area contributed by atoms with E-state index in [1.165, 1.54) is 5.56 Å². The van der Waals surface area contributed by atoms with Crippen molar-refractivity contribution in [2.45, 2.75) is 57.6 Å². The van der Waals surface area contributed by atoms with Crippen LogP contribution >= 0.6 is 0 Å². The Labute approximate surface area is 162 Å². The van der Waals surface area contributed by atoms with Crippen LogP contribution in [0.1, 0.15) is 56.0 Å². The second-order valence-corrected chi connectivity index (χ2v) is 8.84. The van der Waals surface area contributed by atoms with Crippen LogP contribution in [0, 0.1) is 0 Å². The van der Waals surface area contributed by atoms with E-state index in [1.807, 2.05) is 24.1 Å². The molecule has 2 fully saturated rings. The van der Waals surface area contributed by atoms with Crippen molar-refractivity contribution in [1.82, 2.24) is 9.80 Å². The summed E-state index contributed by atoms with van der Waals surface area (Å²) in [7, 11) is 1.88. The quantitative estimate of drug-likeness (QED) is 0.746. The van der Waals surface area contributed by atoms with Crippen LogP contribution in [-0.2, 0) is 14.9 Å². The van der Waals surface area contributed by atoms with E-state index in [-0.39, 0.29) is 29.3 Å². The van der Waals surface area contributed by atoms with Crippen LogP contribution in [0.25, 0.3) is 0 Å². The zero-order valence-electron chi connectivity index (χ0n) is 17.0. The van der Waals surface area contributed by atoms with Gasteiger partial charge in [-0.15, -0.1) is 0 Å². The van der Waals surface area contributed by atoms with E-state index in [2.05, 4.69) is 37.8 Å². The maximum Gasteiger partial charge on any atom is 0.225 e. The number of carbonyl (C=O) groups is 2. The molecule has 1 aromatic rings. The van der Waals surface area contributed by atoms with Gasteiger partial charge in [-0.3, -0.25) is 14.5 Å². The lowest BCUT2D eigenvalue weighted by Crippen LogP contribution is -2.42. The van der Waals surface area contributed by atoms with Crippen LogP contribution in [-0.4, -0.2) is 66.9 Å². The Morgan fingerprint density at radius 2 is 1.89 bits per heavy atom. The van der Waals surface area contributed by atoms with Crippen LogP contribution in [0.2, 0.25) is 0 Å². The van der Waals surface area contributed by atoms with E-state index in [0.717, 1.165) is 31.6 Å². The minimum Gasteiger partial charge on any atom is -0.374 e. The van der Waals surface area contributed by atoms with Gasteiger partial charge in [-0.2, -0.15) is 0 Å². The van der Waals surface area contributed by atoms with Gasteiger partial charge in [0.1, 0.15) is 0 Å². The molecule has 1 aromatic carbocycles. The SMILES string of the molecule is CN1C(=O)CCO[C@H]2CN(CCCC(=O)c3ccc(C(C)(C)C)cc3)C[C@@H]21. The number of hydrogen-bond acceptors (Lipinski definition) is 4. The summed E-state index contributed by atoms with van der Waals surface area (Å²) in [4.78, 5) is 28.6. The maximum absolute atomic E-state index is 12.5. The number of likely N-dealkylation sites (tertiary alicyclic amines) is 1. The average Bonchev–Trinajstić information content (AvgIpc) is 2.97. The van der Waals surface area contributed by atoms with Crippen LogP contribution in [0.3, 0.4) is 0 Å². The fourth-order valence-corrected chi connectivity index (χ4v) is 3.97. The van der Waals surface area contributed by atoms with Gasteiger partial charge in [0.2, 0.25) is 5.91 Å². The number of hydrogen-bond donors (Lipinski definition) is 0. The summed E-state index contributed by atoms with van der Waals surface area (Å²) >= 11 is 0. The molecule has 1 amide bonds. The van der Waals surface area contributed by atoms with Crippen molar-refractivity contribution < 1.29 is 14.3 Å². The monoisotopic (exact) mass is 372 g/mol. The Kier molecular flexibility index (Phi) is 6.02. The van der Waals surface area contributed by atoms with Gasteiger partial charge in [0.05, 0.1) is 25.2 Å². The zero-order valence-corrected chi connectivity index (χ0v) is 17.0. The zero-order chi connectivity index (χ0) is 19.6. The first-order valence-corrected chi connectivity index (χ1v) is 9.99. The Bertz CT molecular complexity index is 678. The first-order chi connectivity index (χ1) is 12.8. The lowest BCUT2D eigenvalue weighted by atomic mass is 9.86. The Morgan fingerprint density at radius 1 is 1.19 bits per heavy atom. The van der Waals surface area contributed by atoms with Gasteiger partial charge >= 0.3 is 0 Å². The molecule has 0 spiro atoms. The molecule has 3 rings (SSSR count). The number of amides is 1. The van der Waals surface area contributed by atoms with E-state index < -0.39 is 0 Å². The van der Waals surface area contributed by atoms with Crippen molar-refractivity contribution >= 4 is 11.7 Å². The molecule has 5 nitrogen and oxygen atoms in total. The molecule has 0 unspecified atom stereocenters. The minimum atomic E-state index is 0.0992. The molecule has 2 saturated heterocycles. The van der Waals surface area contributed by atoms with Gasteiger partial charge in [0.15, 0.2) is 5.78 Å². The summed E-state index contributed by atoms with van der Waals surface area (Å²) in [5.74, 6) is 0.366. The fourth-order valence-electron chi connectivity index (χ4n) is 3.97. The molecule has 2 heterocycles. The number of Topliss-reactive ketones (excluding diaryl/α,β-unsaturated/α-hetero) is 1. The lowest BCUT2D eigenvalue weighted by molar-refractivity contribution is -0.131. The largest absolute Gasteiger partial charge is 0.374 e. The highest BCUT2D eigenvalue weighted by atomic mass is 16.5. The maximum atomic E-state index is 12.5. The van der Waals surface area contributed by atoms with Crippen molar-refractivity contribution in [1.29, 1.82) is 0 Å². The number of fused-ring (bicyclic) bond motifs is 1. The molecule has 0 aromatic heterocycles. The topological polar surface area (TPSA) is 49.9 Å². The van der Waals surface area contributed by atoms with Gasteiger partial charge in [0, 0.05) is 32.1 Å². The molecular weight excluding hydrogens is 340 g/mol. The number of ether oxygens (including phenoxy) is 1. The van der Waals surface area contributed by atoms with Crippen LogP contribution in [0.15, 0.2) is 24.3 Å². The molecule has 0 bridgehead atoms. The van der Waals surface area contributed by atoms with Crippen molar-refractivity contribution in [3.8, 4) is 0 Å². The smallest absolute Gasteiger partial charge is 0.225 e. The lowest BCUT2D eigenvalue weighted by Gasteiger charge is -2.25. The molecular formula is C22H32N2O3. The number of rotatable bonds is 5. The van der Waals surface area contributed by atoms with Crippen LogP contribution < -0.4 is 0 Å². The van der Waals surface area contributed by atoms with Crippen molar-refractivity contribution in [3.63, 3.8) is 0 Å². The number of benzene rings is 1. The average molecular weight is 373 g/mol. The fraction of sp³-hybridized carbons (Fsp3) is 0.636. The Balaban J connectivity index is 1.47. The predicted molar refractivity (Wildman–Crippen MR) is 106 cm³/mol. The summed E-state index contributed by atoms with van der Waals surface area (Å²) in [5, 5.41) is 0. The van der Waals surface area contributed by atoms with E-state index >= 15 is 0 Å². The third kappa shape index (κ3) is 4.77. The number of likely N-dealkylation sites (N-methyl/N-ethyl adjacent to an activating group) is 1. The molecule has 2 aliphatic heterocycles. The van der Waals surface area contributed by atoms with Gasteiger partial charge in [-0.05, 0) is 23.9 Å². The van der Waals surface area contributed by atoms with Crippen molar-refractivity contribution in [2.24, 2.45) is 0 Å². The summed E-state index contributed by atoms with van der Waals surface area (Å²) in [6, 6.07) is 8.16. The summed E-state index contributed by atoms with van der Waals surface area (Å²) in [6.45, 7) is 9.58. The molecule has 148 valence electrons. The molecule has 27 heavy (non-hydrogen) atoms. The van der Waals surface area contributed by atoms with Gasteiger partial charge in [-0.1, -0.05) is 45.0 Å².